The Hall–Kier alpha value is -3.97. The molecule has 8 nitrogen and oxygen atoms in total. The number of nitrogens with one attached hydrogen (secondary N) is 1. The van der Waals surface area contributed by atoms with Crippen LogP contribution in [0.1, 0.15) is 11.1 Å². The molecule has 2 aromatic heterocycles. The predicted molar refractivity (Wildman–Crippen MR) is 124 cm³/mol. The van der Waals surface area contributed by atoms with Crippen LogP contribution in [0.15, 0.2) is 53.2 Å². The molecule has 0 bridgehead atoms. The molecule has 2 heterocycles. The molecule has 2 aromatic carbocycles. The van der Waals surface area contributed by atoms with E-state index in [1.165, 1.54) is 30.8 Å². The highest BCUT2D eigenvalue weighted by Crippen LogP contribution is 2.28. The van der Waals surface area contributed by atoms with Crippen LogP contribution >= 0.6 is 0 Å². The van der Waals surface area contributed by atoms with Crippen LogP contribution in [0.5, 0.6) is 0 Å². The van der Waals surface area contributed by atoms with Crippen LogP contribution in [-0.2, 0) is 9.73 Å². The molecule has 0 fully saturated rings. The Labute approximate surface area is 184 Å². The van der Waals surface area contributed by atoms with Crippen molar-refractivity contribution in [3.8, 4) is 11.9 Å². The number of aromatic nitrogens is 3. The van der Waals surface area contributed by atoms with Crippen LogP contribution in [0.3, 0.4) is 0 Å². The highest BCUT2D eigenvalue weighted by atomic mass is 32.2. The standard InChI is InChI=1S/C22H20FN7OS/c1-13-12-30(20-7-4-15(25)8-17(13)20)21-14(10-24)11-26-22(28-21)27-16-5-6-19(18(23)9-16)29-32(2,3)31/h4-9,11-12H,25H2,1-3H3,(H,26,27,28). The van der Waals surface area contributed by atoms with Gasteiger partial charge in [-0.2, -0.15) is 14.6 Å². The van der Waals surface area contributed by atoms with Crippen molar-refractivity contribution in [3.05, 3.63) is 65.7 Å². The van der Waals surface area contributed by atoms with Crippen molar-refractivity contribution in [3.63, 3.8) is 0 Å². The molecule has 0 spiro atoms. The highest BCUT2D eigenvalue weighted by molar-refractivity contribution is 7.92. The van der Waals surface area contributed by atoms with Gasteiger partial charge in [-0.25, -0.2) is 13.6 Å². The van der Waals surface area contributed by atoms with E-state index in [0.29, 0.717) is 17.2 Å². The van der Waals surface area contributed by atoms with E-state index < -0.39 is 15.5 Å². The Morgan fingerprint density at radius 2 is 2.03 bits per heavy atom. The smallest absolute Gasteiger partial charge is 0.229 e. The Morgan fingerprint density at radius 1 is 1.25 bits per heavy atom. The third-order valence-electron chi connectivity index (χ3n) is 4.67. The van der Waals surface area contributed by atoms with Crippen molar-refractivity contribution in [2.24, 2.45) is 4.36 Å². The van der Waals surface area contributed by atoms with Crippen molar-refractivity contribution in [1.82, 2.24) is 14.5 Å². The lowest BCUT2D eigenvalue weighted by molar-refractivity contribution is 0.630. The van der Waals surface area contributed by atoms with Crippen LogP contribution in [0.25, 0.3) is 16.7 Å². The normalized spacial score (nSPS) is 11.3. The zero-order valence-corrected chi connectivity index (χ0v) is 18.4. The van der Waals surface area contributed by atoms with Gasteiger partial charge in [-0.05, 0) is 48.9 Å². The van der Waals surface area contributed by atoms with Gasteiger partial charge in [0.15, 0.2) is 11.6 Å². The fourth-order valence-corrected chi connectivity index (χ4v) is 3.93. The second-order valence-electron chi connectivity index (χ2n) is 7.57. The first-order chi connectivity index (χ1) is 15.1. The predicted octanol–water partition coefficient (Wildman–Crippen LogP) is 4.42. The summed E-state index contributed by atoms with van der Waals surface area (Å²) in [6.45, 7) is 1.95. The molecule has 162 valence electrons. The van der Waals surface area contributed by atoms with Crippen molar-refractivity contribution in [1.29, 1.82) is 5.26 Å². The molecule has 0 saturated carbocycles. The topological polar surface area (TPSA) is 122 Å². The second kappa shape index (κ2) is 7.94. The molecule has 3 N–H and O–H groups in total. The SMILES string of the molecule is Cc1cn(-c2nc(Nc3ccc(N=S(C)(C)=O)c(F)c3)ncc2C#N)c2ccc(N)cc12. The number of hydrogen-bond donors (Lipinski definition) is 2. The van der Waals surface area contributed by atoms with Gasteiger partial charge in [-0.15, -0.1) is 0 Å². The third-order valence-corrected chi connectivity index (χ3v) is 5.30. The molecule has 4 aromatic rings. The molecule has 0 aliphatic heterocycles. The Bertz CT molecular complexity index is 1520. The number of nitriles is 1. The summed E-state index contributed by atoms with van der Waals surface area (Å²) in [6, 6.07) is 11.9. The lowest BCUT2D eigenvalue weighted by Crippen LogP contribution is -2.05. The molecular weight excluding hydrogens is 429 g/mol. The summed E-state index contributed by atoms with van der Waals surface area (Å²) in [7, 11) is -2.49. The van der Waals surface area contributed by atoms with Crippen molar-refractivity contribution >= 4 is 43.6 Å². The summed E-state index contributed by atoms with van der Waals surface area (Å²) in [5, 5.41) is 13.5. The fourth-order valence-electron chi connectivity index (χ4n) is 3.31. The van der Waals surface area contributed by atoms with Crippen molar-refractivity contribution in [2.45, 2.75) is 6.92 Å². The van der Waals surface area contributed by atoms with Crippen LogP contribution in [0.2, 0.25) is 0 Å². The fraction of sp³-hybridized carbons (Fsp3) is 0.136. The summed E-state index contributed by atoms with van der Waals surface area (Å²) < 4.78 is 31.9. The van der Waals surface area contributed by atoms with E-state index in [1.54, 1.807) is 16.7 Å². The number of benzene rings is 2. The third kappa shape index (κ3) is 4.24. The number of fused-ring (bicyclic) bond motifs is 1. The first kappa shape index (κ1) is 21.3. The maximum atomic E-state index is 14.4. The number of anilines is 3. The van der Waals surface area contributed by atoms with Gasteiger partial charge in [0.2, 0.25) is 5.95 Å². The molecule has 0 amide bonds. The summed E-state index contributed by atoms with van der Waals surface area (Å²) in [5.41, 5.74) is 9.06. The minimum atomic E-state index is -2.49. The number of aryl methyl sites for hydroxylation is 1. The molecular formula is C22H20FN7OS. The van der Waals surface area contributed by atoms with E-state index in [-0.39, 0.29) is 17.2 Å². The van der Waals surface area contributed by atoms with Gasteiger partial charge >= 0.3 is 0 Å². The zero-order chi connectivity index (χ0) is 23.0. The number of nitrogen functional groups attached to an aromatic ring is 1. The van der Waals surface area contributed by atoms with E-state index in [1.807, 2.05) is 25.3 Å². The summed E-state index contributed by atoms with van der Waals surface area (Å²) >= 11 is 0. The zero-order valence-electron chi connectivity index (χ0n) is 17.6. The molecule has 0 aliphatic carbocycles. The van der Waals surface area contributed by atoms with E-state index >= 15 is 0 Å². The summed E-state index contributed by atoms with van der Waals surface area (Å²) in [6.07, 6.45) is 6.16. The largest absolute Gasteiger partial charge is 0.399 e. The van der Waals surface area contributed by atoms with Crippen molar-refractivity contribution < 1.29 is 8.60 Å². The maximum absolute atomic E-state index is 14.4. The monoisotopic (exact) mass is 449 g/mol. The summed E-state index contributed by atoms with van der Waals surface area (Å²) in [4.78, 5) is 8.68. The van der Waals surface area contributed by atoms with Gasteiger partial charge in [0.05, 0.1) is 11.7 Å². The first-order valence-electron chi connectivity index (χ1n) is 9.53. The number of halogens is 1. The first-order valence-corrected chi connectivity index (χ1v) is 11.9. The minimum absolute atomic E-state index is 0.0144. The molecule has 0 saturated heterocycles. The van der Waals surface area contributed by atoms with Gasteiger partial charge < -0.3 is 11.1 Å². The van der Waals surface area contributed by atoms with E-state index in [2.05, 4.69) is 25.7 Å². The van der Waals surface area contributed by atoms with Crippen molar-refractivity contribution in [2.75, 3.05) is 23.6 Å². The molecule has 4 rings (SSSR count). The summed E-state index contributed by atoms with van der Waals surface area (Å²) in [5.74, 6) is -0.0469. The molecule has 0 radical (unpaired) electrons. The molecule has 0 atom stereocenters. The highest BCUT2D eigenvalue weighted by Gasteiger charge is 2.14. The maximum Gasteiger partial charge on any atom is 0.229 e. The second-order valence-corrected chi connectivity index (χ2v) is 10.1. The molecule has 10 heteroatoms. The van der Waals surface area contributed by atoms with Crippen LogP contribution in [-0.4, -0.2) is 31.3 Å². The average molecular weight is 450 g/mol. The van der Waals surface area contributed by atoms with E-state index in [4.69, 9.17) is 5.73 Å². The Balaban J connectivity index is 1.75. The number of nitrogens with zero attached hydrogens (tertiary/aromatic N) is 5. The van der Waals surface area contributed by atoms with E-state index in [9.17, 15) is 13.9 Å². The van der Waals surface area contributed by atoms with Gasteiger partial charge in [0.25, 0.3) is 0 Å². The van der Waals surface area contributed by atoms with E-state index in [0.717, 1.165) is 16.5 Å². The number of hydrogen-bond acceptors (Lipinski definition) is 7. The van der Waals surface area contributed by atoms with Gasteiger partial charge in [0.1, 0.15) is 17.3 Å². The van der Waals surface area contributed by atoms with Gasteiger partial charge in [-0.3, -0.25) is 4.57 Å². The lowest BCUT2D eigenvalue weighted by atomic mass is 10.2. The number of rotatable bonds is 4. The molecule has 0 unspecified atom stereocenters. The minimum Gasteiger partial charge on any atom is -0.399 e. The van der Waals surface area contributed by atoms with Crippen LogP contribution in [0.4, 0.5) is 27.4 Å². The Morgan fingerprint density at radius 3 is 2.72 bits per heavy atom. The van der Waals surface area contributed by atoms with Crippen LogP contribution < -0.4 is 11.1 Å². The Kier molecular flexibility index (Phi) is 5.28. The molecule has 32 heavy (non-hydrogen) atoms. The number of nitrogens with two attached hydrogens (primary N) is 1. The van der Waals surface area contributed by atoms with Gasteiger partial charge in [0, 0.05) is 45.2 Å². The quantitative estimate of drug-likeness (QED) is 0.445. The van der Waals surface area contributed by atoms with Gasteiger partial charge in [-0.1, -0.05) is 0 Å². The molecule has 0 aliphatic rings. The van der Waals surface area contributed by atoms with Crippen LogP contribution in [0, 0.1) is 24.1 Å². The average Bonchev–Trinajstić information content (AvgIpc) is 3.05. The lowest BCUT2D eigenvalue weighted by Gasteiger charge is -2.10.